The third-order valence-corrected chi connectivity index (χ3v) is 7.55. The van der Waals surface area contributed by atoms with Crippen molar-refractivity contribution in [2.24, 2.45) is 0 Å². The molecule has 2 aromatic rings. The number of benzene rings is 2. The maximum Gasteiger partial charge on any atom is 0.257 e. The van der Waals surface area contributed by atoms with E-state index in [-0.39, 0.29) is 30.4 Å². The zero-order valence-corrected chi connectivity index (χ0v) is 21.4. The summed E-state index contributed by atoms with van der Waals surface area (Å²) >= 11 is 0. The van der Waals surface area contributed by atoms with Gasteiger partial charge in [-0.15, -0.1) is 0 Å². The summed E-state index contributed by atoms with van der Waals surface area (Å²) in [4.78, 5) is 43.4. The number of halogens is 1. The van der Waals surface area contributed by atoms with Crippen molar-refractivity contribution in [1.29, 1.82) is 0 Å². The normalized spacial score (nSPS) is 22.5. The molecule has 0 aromatic heterocycles. The Labute approximate surface area is 220 Å². The van der Waals surface area contributed by atoms with Gasteiger partial charge in [0, 0.05) is 50.2 Å². The lowest BCUT2D eigenvalue weighted by molar-refractivity contribution is -0.128. The van der Waals surface area contributed by atoms with E-state index >= 15 is 0 Å². The molecule has 3 amide bonds. The number of ether oxygens (including phenoxy) is 3. The first-order valence-corrected chi connectivity index (χ1v) is 13.0. The molecule has 3 saturated heterocycles. The second-order valence-corrected chi connectivity index (χ2v) is 9.86. The predicted octanol–water partition coefficient (Wildman–Crippen LogP) is 2.60. The molecular weight excluding hydrogens is 493 g/mol. The molecule has 9 nitrogen and oxygen atoms in total. The van der Waals surface area contributed by atoms with Crippen LogP contribution in [0.5, 0.6) is 5.75 Å². The Balaban J connectivity index is 1.35. The quantitative estimate of drug-likeness (QED) is 0.623. The van der Waals surface area contributed by atoms with Gasteiger partial charge in [-0.1, -0.05) is 6.07 Å². The molecule has 3 heterocycles. The van der Waals surface area contributed by atoms with Gasteiger partial charge in [0.15, 0.2) is 0 Å². The van der Waals surface area contributed by atoms with Gasteiger partial charge < -0.3 is 24.4 Å². The van der Waals surface area contributed by atoms with Crippen LogP contribution in [0.15, 0.2) is 48.5 Å². The highest BCUT2D eigenvalue weighted by Gasteiger charge is 2.54. The maximum absolute atomic E-state index is 13.9. The van der Waals surface area contributed by atoms with Crippen LogP contribution in [0.25, 0.3) is 0 Å². The summed E-state index contributed by atoms with van der Waals surface area (Å²) in [5.74, 6) is -0.720. The fourth-order valence-electron chi connectivity index (χ4n) is 5.43. The Morgan fingerprint density at radius 1 is 1.08 bits per heavy atom. The molecule has 2 aromatic carbocycles. The topological polar surface area (TPSA) is 97.4 Å². The molecule has 0 aliphatic carbocycles. The monoisotopic (exact) mass is 525 g/mol. The average Bonchev–Trinajstić information content (AvgIpc) is 3.60. The van der Waals surface area contributed by atoms with E-state index in [1.807, 2.05) is 0 Å². The van der Waals surface area contributed by atoms with Gasteiger partial charge in [0.25, 0.3) is 11.8 Å². The summed E-state index contributed by atoms with van der Waals surface area (Å²) in [6.45, 7) is 1.76. The highest BCUT2D eigenvalue weighted by molar-refractivity contribution is 5.99. The molecule has 5 rings (SSSR count). The van der Waals surface area contributed by atoms with Crippen LogP contribution in [0, 0.1) is 5.82 Å². The van der Waals surface area contributed by atoms with Crippen molar-refractivity contribution in [3.63, 3.8) is 0 Å². The Morgan fingerprint density at radius 3 is 2.53 bits per heavy atom. The lowest BCUT2D eigenvalue weighted by Crippen LogP contribution is -2.60. The molecule has 0 saturated carbocycles. The molecule has 3 aliphatic heterocycles. The SMILES string of the molecule is COc1cccc(C(=O)N2[C@H](C(=O)NC[C@@H]3CCCO3)COC23CCN(C(=O)c2ccc(F)cc2)CC3)c1. The average molecular weight is 526 g/mol. The molecule has 3 fully saturated rings. The number of amides is 3. The van der Waals surface area contributed by atoms with Crippen LogP contribution in [0.4, 0.5) is 4.39 Å². The first-order valence-electron chi connectivity index (χ1n) is 13.0. The zero-order valence-electron chi connectivity index (χ0n) is 21.4. The molecule has 2 atom stereocenters. The summed E-state index contributed by atoms with van der Waals surface area (Å²) in [7, 11) is 1.53. The summed E-state index contributed by atoms with van der Waals surface area (Å²) in [6.07, 6.45) is 2.49. The predicted molar refractivity (Wildman–Crippen MR) is 135 cm³/mol. The summed E-state index contributed by atoms with van der Waals surface area (Å²) in [5, 5.41) is 2.94. The third kappa shape index (κ3) is 5.23. The Hall–Kier alpha value is -3.50. The van der Waals surface area contributed by atoms with Crippen LogP contribution >= 0.6 is 0 Å². The van der Waals surface area contributed by atoms with E-state index in [0.29, 0.717) is 56.0 Å². The van der Waals surface area contributed by atoms with E-state index in [0.717, 1.165) is 12.8 Å². The number of nitrogens with zero attached hydrogens (tertiary/aromatic N) is 2. The van der Waals surface area contributed by atoms with E-state index < -0.39 is 17.6 Å². The Kier molecular flexibility index (Phi) is 7.62. The van der Waals surface area contributed by atoms with Gasteiger partial charge in [-0.2, -0.15) is 0 Å². The smallest absolute Gasteiger partial charge is 0.257 e. The summed E-state index contributed by atoms with van der Waals surface area (Å²) in [5.41, 5.74) is -0.257. The van der Waals surface area contributed by atoms with E-state index in [4.69, 9.17) is 14.2 Å². The van der Waals surface area contributed by atoms with Crippen LogP contribution in [0.3, 0.4) is 0 Å². The van der Waals surface area contributed by atoms with Crippen molar-refractivity contribution in [3.05, 3.63) is 65.5 Å². The van der Waals surface area contributed by atoms with Gasteiger partial charge in [-0.05, 0) is 55.3 Å². The number of carbonyl (C=O) groups excluding carboxylic acids is 3. The first-order chi connectivity index (χ1) is 18.4. The van der Waals surface area contributed by atoms with Crippen molar-refractivity contribution in [2.75, 3.05) is 40.0 Å². The Morgan fingerprint density at radius 2 is 1.84 bits per heavy atom. The van der Waals surface area contributed by atoms with Crippen molar-refractivity contribution in [3.8, 4) is 5.75 Å². The number of nitrogens with one attached hydrogen (secondary N) is 1. The van der Waals surface area contributed by atoms with Gasteiger partial charge in [0.05, 0.1) is 19.8 Å². The number of hydrogen-bond acceptors (Lipinski definition) is 6. The molecule has 0 unspecified atom stereocenters. The zero-order chi connectivity index (χ0) is 26.7. The highest BCUT2D eigenvalue weighted by atomic mass is 19.1. The molecule has 10 heteroatoms. The molecule has 0 radical (unpaired) electrons. The van der Waals surface area contributed by atoms with Crippen LogP contribution in [-0.2, 0) is 14.3 Å². The highest BCUT2D eigenvalue weighted by Crippen LogP contribution is 2.39. The van der Waals surface area contributed by atoms with E-state index in [1.165, 1.54) is 31.4 Å². The van der Waals surface area contributed by atoms with Crippen LogP contribution in [-0.4, -0.2) is 85.3 Å². The fraction of sp³-hybridized carbons (Fsp3) is 0.464. The molecule has 1 spiro atoms. The molecule has 202 valence electrons. The number of methoxy groups -OCH3 is 1. The van der Waals surface area contributed by atoms with Gasteiger partial charge in [0.2, 0.25) is 5.91 Å². The standard InChI is InChI=1S/C28H32FN3O6/c1-36-22-5-2-4-20(16-22)27(35)32-24(25(33)30-17-23-6-3-15-37-23)18-38-28(32)11-13-31(14-12-28)26(34)19-7-9-21(29)10-8-19/h2,4-5,7-10,16,23-24H,3,6,11-15,17-18H2,1H3,(H,30,33)/t23-,24-/m0/s1. The molecule has 38 heavy (non-hydrogen) atoms. The lowest BCUT2D eigenvalue weighted by atomic mass is 9.96. The number of likely N-dealkylation sites (tertiary alicyclic amines) is 1. The lowest BCUT2D eigenvalue weighted by Gasteiger charge is -2.44. The minimum Gasteiger partial charge on any atom is -0.497 e. The van der Waals surface area contributed by atoms with E-state index in [2.05, 4.69) is 5.32 Å². The minimum atomic E-state index is -1.04. The number of hydrogen-bond donors (Lipinski definition) is 1. The second kappa shape index (κ2) is 11.1. The van der Waals surface area contributed by atoms with E-state index in [9.17, 15) is 18.8 Å². The second-order valence-electron chi connectivity index (χ2n) is 9.86. The Bertz CT molecular complexity index is 1180. The van der Waals surface area contributed by atoms with Gasteiger partial charge in [0.1, 0.15) is 23.3 Å². The van der Waals surface area contributed by atoms with E-state index in [1.54, 1.807) is 34.1 Å². The molecular formula is C28H32FN3O6. The summed E-state index contributed by atoms with van der Waals surface area (Å²) in [6, 6.07) is 11.4. The van der Waals surface area contributed by atoms with Gasteiger partial charge >= 0.3 is 0 Å². The molecule has 0 bridgehead atoms. The fourth-order valence-corrected chi connectivity index (χ4v) is 5.43. The summed E-state index contributed by atoms with van der Waals surface area (Å²) < 4.78 is 30.5. The number of piperidine rings is 1. The number of rotatable bonds is 6. The van der Waals surface area contributed by atoms with Crippen molar-refractivity contribution in [1.82, 2.24) is 15.1 Å². The first kappa shape index (κ1) is 26.1. The van der Waals surface area contributed by atoms with Crippen LogP contribution in [0.1, 0.15) is 46.4 Å². The van der Waals surface area contributed by atoms with Crippen LogP contribution < -0.4 is 10.1 Å². The number of carbonyl (C=O) groups is 3. The minimum absolute atomic E-state index is 0.0292. The largest absolute Gasteiger partial charge is 0.497 e. The maximum atomic E-state index is 13.9. The molecule has 1 N–H and O–H groups in total. The molecule has 3 aliphatic rings. The van der Waals surface area contributed by atoms with Crippen LogP contribution in [0.2, 0.25) is 0 Å². The van der Waals surface area contributed by atoms with Crippen molar-refractivity contribution >= 4 is 17.7 Å². The van der Waals surface area contributed by atoms with Gasteiger partial charge in [-0.25, -0.2) is 4.39 Å². The van der Waals surface area contributed by atoms with Gasteiger partial charge in [-0.3, -0.25) is 19.3 Å². The third-order valence-electron chi connectivity index (χ3n) is 7.55. The van der Waals surface area contributed by atoms with Crippen molar-refractivity contribution in [2.45, 2.75) is 43.6 Å². The van der Waals surface area contributed by atoms with Crippen molar-refractivity contribution < 1.29 is 33.0 Å².